The predicted molar refractivity (Wildman–Crippen MR) is 89.9 cm³/mol. The van der Waals surface area contributed by atoms with Crippen molar-refractivity contribution in [2.24, 2.45) is 0 Å². The maximum Gasteiger partial charge on any atom is 0.257 e. The van der Waals surface area contributed by atoms with Crippen LogP contribution in [-0.2, 0) is 24.2 Å². The van der Waals surface area contributed by atoms with Crippen molar-refractivity contribution in [1.29, 1.82) is 0 Å². The summed E-state index contributed by atoms with van der Waals surface area (Å²) in [6.07, 6.45) is 4.41. The Balaban J connectivity index is 1.53. The lowest BCUT2D eigenvalue weighted by atomic mass is 10.1. The third kappa shape index (κ3) is 3.18. The van der Waals surface area contributed by atoms with Gasteiger partial charge in [0.2, 0.25) is 5.95 Å². The Morgan fingerprint density at radius 2 is 1.96 bits per heavy atom. The highest BCUT2D eigenvalue weighted by atomic mass is 16.5. The second-order valence-corrected chi connectivity index (χ2v) is 6.23. The number of anilines is 1. The van der Waals surface area contributed by atoms with Crippen molar-refractivity contribution in [2.45, 2.75) is 19.5 Å². The third-order valence-corrected chi connectivity index (χ3v) is 4.60. The fourth-order valence-corrected chi connectivity index (χ4v) is 3.27. The van der Waals surface area contributed by atoms with Gasteiger partial charge >= 0.3 is 0 Å². The zero-order chi connectivity index (χ0) is 16.4. The van der Waals surface area contributed by atoms with Gasteiger partial charge in [-0.1, -0.05) is 0 Å². The summed E-state index contributed by atoms with van der Waals surface area (Å²) in [6, 6.07) is 4.03. The number of nitrogens with one attached hydrogen (secondary N) is 1. The number of H-pyrrole nitrogens is 1. The summed E-state index contributed by atoms with van der Waals surface area (Å²) in [5.74, 6) is 0.685. The Kier molecular flexibility index (Phi) is 4.27. The average Bonchev–Trinajstić information content (AvgIpc) is 2.64. The number of aromatic amines is 1. The lowest BCUT2D eigenvalue weighted by Crippen LogP contribution is -2.40. The van der Waals surface area contributed by atoms with E-state index < -0.39 is 0 Å². The molecule has 0 aliphatic carbocycles. The molecule has 0 spiro atoms. The second-order valence-electron chi connectivity index (χ2n) is 6.23. The molecule has 2 aromatic heterocycles. The molecular formula is C17H21N5O2. The van der Waals surface area contributed by atoms with Crippen LogP contribution in [-0.4, -0.2) is 52.7 Å². The van der Waals surface area contributed by atoms with E-state index in [9.17, 15) is 4.79 Å². The van der Waals surface area contributed by atoms with Gasteiger partial charge in [-0.2, -0.15) is 0 Å². The largest absolute Gasteiger partial charge is 0.378 e. The number of hydrogen-bond donors (Lipinski definition) is 1. The maximum absolute atomic E-state index is 12.5. The summed E-state index contributed by atoms with van der Waals surface area (Å²) in [4.78, 5) is 28.6. The second kappa shape index (κ2) is 6.70. The molecule has 0 aromatic carbocycles. The fourth-order valence-electron chi connectivity index (χ4n) is 3.27. The topological polar surface area (TPSA) is 74.3 Å². The maximum atomic E-state index is 12.5. The van der Waals surface area contributed by atoms with Gasteiger partial charge in [0.25, 0.3) is 5.56 Å². The minimum Gasteiger partial charge on any atom is -0.378 e. The number of nitrogens with zero attached hydrogens (tertiary/aromatic N) is 4. The first-order valence-corrected chi connectivity index (χ1v) is 8.35. The standard InChI is InChI=1S/C17H21N5O2/c23-16-14-12-21(11-13-1-4-18-5-2-13)6-3-15(14)19-17(20-16)22-7-9-24-10-8-22/h1-2,4-5H,3,6-12H2,(H,19,20,23). The molecule has 1 saturated heterocycles. The monoisotopic (exact) mass is 327 g/mol. The molecule has 0 amide bonds. The van der Waals surface area contributed by atoms with Gasteiger partial charge in [0, 0.05) is 51.5 Å². The summed E-state index contributed by atoms with van der Waals surface area (Å²) in [6.45, 7) is 5.29. The van der Waals surface area contributed by atoms with Crippen LogP contribution in [0.25, 0.3) is 0 Å². The van der Waals surface area contributed by atoms with Crippen molar-refractivity contribution in [3.8, 4) is 0 Å². The first-order chi connectivity index (χ1) is 11.8. The van der Waals surface area contributed by atoms with Crippen LogP contribution < -0.4 is 10.5 Å². The van der Waals surface area contributed by atoms with E-state index in [4.69, 9.17) is 9.72 Å². The Hall–Kier alpha value is -2.25. The van der Waals surface area contributed by atoms with Crippen molar-refractivity contribution in [2.75, 3.05) is 37.7 Å². The number of pyridine rings is 1. The Bertz CT molecular complexity index is 755. The quantitative estimate of drug-likeness (QED) is 0.888. The van der Waals surface area contributed by atoms with Gasteiger partial charge < -0.3 is 9.64 Å². The zero-order valence-electron chi connectivity index (χ0n) is 13.6. The van der Waals surface area contributed by atoms with Crippen LogP contribution in [0, 0.1) is 0 Å². The van der Waals surface area contributed by atoms with Gasteiger partial charge in [0.15, 0.2) is 0 Å². The number of aromatic nitrogens is 3. The van der Waals surface area contributed by atoms with Crippen molar-refractivity contribution in [1.82, 2.24) is 19.9 Å². The van der Waals surface area contributed by atoms with Crippen LogP contribution in [0.2, 0.25) is 0 Å². The average molecular weight is 327 g/mol. The highest BCUT2D eigenvalue weighted by molar-refractivity contribution is 5.34. The van der Waals surface area contributed by atoms with Crippen molar-refractivity contribution >= 4 is 5.95 Å². The van der Waals surface area contributed by atoms with E-state index >= 15 is 0 Å². The van der Waals surface area contributed by atoms with E-state index in [0.29, 0.717) is 25.7 Å². The van der Waals surface area contributed by atoms with Crippen LogP contribution in [0.3, 0.4) is 0 Å². The molecule has 4 heterocycles. The molecule has 0 bridgehead atoms. The lowest BCUT2D eigenvalue weighted by Gasteiger charge is -2.30. The first kappa shape index (κ1) is 15.3. The SMILES string of the molecule is O=c1[nH]c(N2CCOCC2)nc2c1CN(Cc1ccncc1)CC2. The molecule has 0 unspecified atom stereocenters. The van der Waals surface area contributed by atoms with E-state index in [2.05, 4.69) is 19.8 Å². The fraction of sp³-hybridized carbons (Fsp3) is 0.471. The molecule has 0 radical (unpaired) electrons. The number of morpholine rings is 1. The molecular weight excluding hydrogens is 306 g/mol. The normalized spacial score (nSPS) is 18.4. The lowest BCUT2D eigenvalue weighted by molar-refractivity contribution is 0.122. The van der Waals surface area contributed by atoms with Gasteiger partial charge in [-0.05, 0) is 17.7 Å². The minimum atomic E-state index is -0.0130. The van der Waals surface area contributed by atoms with Crippen molar-refractivity contribution < 1.29 is 4.74 Å². The van der Waals surface area contributed by atoms with Gasteiger partial charge in [-0.3, -0.25) is 19.7 Å². The molecule has 4 rings (SSSR count). The van der Waals surface area contributed by atoms with E-state index in [1.807, 2.05) is 12.1 Å². The van der Waals surface area contributed by atoms with E-state index in [1.54, 1.807) is 12.4 Å². The molecule has 2 aliphatic heterocycles. The molecule has 24 heavy (non-hydrogen) atoms. The summed E-state index contributed by atoms with van der Waals surface area (Å²) in [5, 5.41) is 0. The highest BCUT2D eigenvalue weighted by Gasteiger charge is 2.23. The summed E-state index contributed by atoms with van der Waals surface area (Å²) in [5.41, 5.74) is 2.93. The molecule has 0 atom stereocenters. The van der Waals surface area contributed by atoms with Crippen LogP contribution in [0.5, 0.6) is 0 Å². The van der Waals surface area contributed by atoms with Crippen LogP contribution in [0.1, 0.15) is 16.8 Å². The van der Waals surface area contributed by atoms with E-state index in [0.717, 1.165) is 43.9 Å². The van der Waals surface area contributed by atoms with Gasteiger partial charge in [-0.15, -0.1) is 0 Å². The summed E-state index contributed by atoms with van der Waals surface area (Å²) in [7, 11) is 0. The van der Waals surface area contributed by atoms with Crippen LogP contribution in [0.4, 0.5) is 5.95 Å². The number of fused-ring (bicyclic) bond motifs is 1. The number of ether oxygens (including phenoxy) is 1. The summed E-state index contributed by atoms with van der Waals surface area (Å²) >= 11 is 0. The Labute approximate surface area is 140 Å². The van der Waals surface area contributed by atoms with Gasteiger partial charge in [-0.25, -0.2) is 4.98 Å². The molecule has 7 nitrogen and oxygen atoms in total. The molecule has 2 aliphatic rings. The predicted octanol–water partition coefficient (Wildman–Crippen LogP) is 0.560. The zero-order valence-corrected chi connectivity index (χ0v) is 13.6. The van der Waals surface area contributed by atoms with Gasteiger partial charge in [0.1, 0.15) is 0 Å². The molecule has 0 saturated carbocycles. The first-order valence-electron chi connectivity index (χ1n) is 8.35. The van der Waals surface area contributed by atoms with Gasteiger partial charge in [0.05, 0.1) is 24.5 Å². The third-order valence-electron chi connectivity index (χ3n) is 4.60. The van der Waals surface area contributed by atoms with E-state index in [1.165, 1.54) is 5.56 Å². The minimum absolute atomic E-state index is 0.0130. The van der Waals surface area contributed by atoms with Crippen molar-refractivity contribution in [3.63, 3.8) is 0 Å². The van der Waals surface area contributed by atoms with Crippen LogP contribution in [0.15, 0.2) is 29.3 Å². The number of rotatable bonds is 3. The van der Waals surface area contributed by atoms with Crippen LogP contribution >= 0.6 is 0 Å². The van der Waals surface area contributed by atoms with Crippen molar-refractivity contribution in [3.05, 3.63) is 51.7 Å². The molecule has 7 heteroatoms. The molecule has 1 N–H and O–H groups in total. The Morgan fingerprint density at radius 1 is 1.17 bits per heavy atom. The summed E-state index contributed by atoms with van der Waals surface area (Å²) < 4.78 is 5.36. The molecule has 2 aromatic rings. The Morgan fingerprint density at radius 3 is 2.75 bits per heavy atom. The highest BCUT2D eigenvalue weighted by Crippen LogP contribution is 2.18. The molecule has 126 valence electrons. The number of hydrogen-bond acceptors (Lipinski definition) is 6. The molecule has 1 fully saturated rings. The van der Waals surface area contributed by atoms with E-state index in [-0.39, 0.29) is 5.56 Å². The smallest absolute Gasteiger partial charge is 0.257 e.